The molecule has 3 unspecified atom stereocenters. The Balaban J connectivity index is 2.41. The molecule has 6 heteroatoms. The smallest absolute Gasteiger partial charge is 0.410 e. The van der Waals surface area contributed by atoms with Gasteiger partial charge in [-0.25, -0.2) is 4.79 Å². The highest BCUT2D eigenvalue weighted by molar-refractivity contribution is 5.68. The van der Waals surface area contributed by atoms with Crippen LogP contribution in [0.5, 0.6) is 0 Å². The van der Waals surface area contributed by atoms with Crippen LogP contribution in [0.4, 0.5) is 4.79 Å². The first-order valence-corrected chi connectivity index (χ1v) is 8.16. The van der Waals surface area contributed by atoms with Gasteiger partial charge in [-0.05, 0) is 47.0 Å². The first kappa shape index (κ1) is 19.2. The molecule has 22 heavy (non-hydrogen) atoms. The average Bonchev–Trinajstić information content (AvgIpc) is 2.88. The van der Waals surface area contributed by atoms with Crippen molar-refractivity contribution in [3.8, 4) is 0 Å². The molecule has 1 aliphatic heterocycles. The number of aliphatic hydroxyl groups excluding tert-OH is 1. The van der Waals surface area contributed by atoms with E-state index in [0.717, 1.165) is 19.6 Å². The van der Waals surface area contributed by atoms with Crippen LogP contribution in [-0.4, -0.2) is 66.7 Å². The Morgan fingerprint density at radius 2 is 2.14 bits per heavy atom. The van der Waals surface area contributed by atoms with Crippen LogP contribution in [0.2, 0.25) is 0 Å². The third kappa shape index (κ3) is 7.42. The van der Waals surface area contributed by atoms with Gasteiger partial charge in [0.25, 0.3) is 0 Å². The zero-order valence-electron chi connectivity index (χ0n) is 14.6. The Morgan fingerprint density at radius 3 is 2.64 bits per heavy atom. The average molecular weight is 316 g/mol. The van der Waals surface area contributed by atoms with Gasteiger partial charge < -0.3 is 24.8 Å². The van der Waals surface area contributed by atoms with Crippen LogP contribution in [0.3, 0.4) is 0 Å². The minimum Gasteiger partial charge on any atom is -0.444 e. The Hall–Kier alpha value is -0.850. The lowest BCUT2D eigenvalue weighted by Crippen LogP contribution is -2.45. The molecule has 0 bridgehead atoms. The number of rotatable bonds is 7. The van der Waals surface area contributed by atoms with Crippen molar-refractivity contribution in [3.63, 3.8) is 0 Å². The summed E-state index contributed by atoms with van der Waals surface area (Å²) in [5.41, 5.74) is -0.532. The summed E-state index contributed by atoms with van der Waals surface area (Å²) in [6.45, 7) is 12.4. The van der Waals surface area contributed by atoms with Crippen LogP contribution in [0.1, 0.15) is 41.0 Å². The van der Waals surface area contributed by atoms with E-state index in [4.69, 9.17) is 9.47 Å². The highest BCUT2D eigenvalue weighted by Gasteiger charge is 2.24. The van der Waals surface area contributed by atoms with Gasteiger partial charge in [0.15, 0.2) is 0 Å². The Morgan fingerprint density at radius 1 is 1.45 bits per heavy atom. The molecule has 1 aliphatic rings. The lowest BCUT2D eigenvalue weighted by molar-refractivity contribution is 0.0162. The predicted molar refractivity (Wildman–Crippen MR) is 85.9 cm³/mol. The maximum Gasteiger partial charge on any atom is 0.410 e. The van der Waals surface area contributed by atoms with Gasteiger partial charge in [0.2, 0.25) is 0 Å². The molecule has 130 valence electrons. The molecule has 0 spiro atoms. The largest absolute Gasteiger partial charge is 0.444 e. The quantitative estimate of drug-likeness (QED) is 0.747. The van der Waals surface area contributed by atoms with Crippen molar-refractivity contribution in [1.82, 2.24) is 10.2 Å². The van der Waals surface area contributed by atoms with E-state index in [2.05, 4.69) is 12.2 Å². The first-order chi connectivity index (χ1) is 10.2. The molecule has 0 aromatic carbocycles. The molecule has 1 heterocycles. The number of carbonyl (C=O) groups is 1. The molecule has 2 N–H and O–H groups in total. The fourth-order valence-corrected chi connectivity index (χ4v) is 2.44. The number of amides is 1. The minimum absolute atomic E-state index is 0.275. The molecule has 1 saturated heterocycles. The fourth-order valence-electron chi connectivity index (χ4n) is 2.44. The third-order valence-electron chi connectivity index (χ3n) is 3.66. The standard InChI is InChI=1S/C16H32N2O4/c1-12(19)10-18(15(20)22-16(3,4)5)8-7-17-13(2)14-6-9-21-11-14/h12-14,17,19H,6-11H2,1-5H3. The zero-order valence-corrected chi connectivity index (χ0v) is 14.6. The first-order valence-electron chi connectivity index (χ1n) is 8.16. The van der Waals surface area contributed by atoms with Crippen molar-refractivity contribution >= 4 is 6.09 Å². The molecule has 0 aromatic heterocycles. The highest BCUT2D eigenvalue weighted by atomic mass is 16.6. The normalized spacial score (nSPS) is 21.5. The van der Waals surface area contributed by atoms with Crippen LogP contribution in [0.15, 0.2) is 0 Å². The van der Waals surface area contributed by atoms with Gasteiger partial charge in [-0.3, -0.25) is 0 Å². The fraction of sp³-hybridized carbons (Fsp3) is 0.938. The van der Waals surface area contributed by atoms with Gasteiger partial charge in [-0.2, -0.15) is 0 Å². The second kappa shape index (κ2) is 8.70. The Kier molecular flexibility index (Phi) is 7.59. The van der Waals surface area contributed by atoms with Gasteiger partial charge in [-0.1, -0.05) is 0 Å². The molecule has 6 nitrogen and oxygen atoms in total. The number of ether oxygens (including phenoxy) is 2. The van der Waals surface area contributed by atoms with Crippen molar-refractivity contribution in [2.24, 2.45) is 5.92 Å². The van der Waals surface area contributed by atoms with E-state index in [9.17, 15) is 9.90 Å². The van der Waals surface area contributed by atoms with Crippen LogP contribution in [-0.2, 0) is 9.47 Å². The van der Waals surface area contributed by atoms with Crippen LogP contribution in [0.25, 0.3) is 0 Å². The molecule has 1 rings (SSSR count). The summed E-state index contributed by atoms with van der Waals surface area (Å²) in [6, 6.07) is 0.356. The highest BCUT2D eigenvalue weighted by Crippen LogP contribution is 2.16. The number of hydrogen-bond acceptors (Lipinski definition) is 5. The van der Waals surface area contributed by atoms with Gasteiger partial charge in [0, 0.05) is 32.3 Å². The van der Waals surface area contributed by atoms with Crippen molar-refractivity contribution in [2.45, 2.75) is 58.8 Å². The second-order valence-corrected chi connectivity index (χ2v) is 7.14. The van der Waals surface area contributed by atoms with Gasteiger partial charge in [0.05, 0.1) is 12.7 Å². The number of carbonyl (C=O) groups excluding carboxylic acids is 1. The molecule has 0 aromatic rings. The van der Waals surface area contributed by atoms with Crippen molar-refractivity contribution < 1.29 is 19.4 Å². The third-order valence-corrected chi connectivity index (χ3v) is 3.66. The molecule has 3 atom stereocenters. The summed E-state index contributed by atoms with van der Waals surface area (Å²) in [4.78, 5) is 13.7. The van der Waals surface area contributed by atoms with Crippen molar-refractivity contribution in [3.05, 3.63) is 0 Å². The number of nitrogens with one attached hydrogen (secondary N) is 1. The molecule has 1 amide bonds. The summed E-state index contributed by atoms with van der Waals surface area (Å²) >= 11 is 0. The van der Waals surface area contributed by atoms with E-state index in [-0.39, 0.29) is 12.6 Å². The van der Waals surface area contributed by atoms with Crippen LogP contribution in [0, 0.1) is 5.92 Å². The summed E-state index contributed by atoms with van der Waals surface area (Å²) in [5.74, 6) is 0.534. The maximum atomic E-state index is 12.2. The second-order valence-electron chi connectivity index (χ2n) is 7.14. The Labute approximate surface area is 134 Å². The van der Waals surface area contributed by atoms with E-state index in [1.165, 1.54) is 0 Å². The van der Waals surface area contributed by atoms with Crippen molar-refractivity contribution in [1.29, 1.82) is 0 Å². The Bertz CT molecular complexity index is 336. The van der Waals surface area contributed by atoms with E-state index < -0.39 is 11.7 Å². The van der Waals surface area contributed by atoms with Gasteiger partial charge in [0.1, 0.15) is 5.60 Å². The number of nitrogens with zero attached hydrogens (tertiary/aromatic N) is 1. The number of aliphatic hydroxyl groups is 1. The molecule has 1 fully saturated rings. The molecule has 0 aliphatic carbocycles. The zero-order chi connectivity index (χ0) is 16.8. The SMILES string of the molecule is CC(O)CN(CCNC(C)C1CCOC1)C(=O)OC(C)(C)C. The predicted octanol–water partition coefficient (Wildman–Crippen LogP) is 1.62. The molecule has 0 radical (unpaired) electrons. The molecule has 0 saturated carbocycles. The summed E-state index contributed by atoms with van der Waals surface area (Å²) in [7, 11) is 0. The van der Waals surface area contributed by atoms with Crippen LogP contribution >= 0.6 is 0 Å². The summed E-state index contributed by atoms with van der Waals surface area (Å²) in [5, 5.41) is 13.0. The van der Waals surface area contributed by atoms with E-state index in [1.807, 2.05) is 20.8 Å². The molecular formula is C16H32N2O4. The van der Waals surface area contributed by atoms with E-state index >= 15 is 0 Å². The van der Waals surface area contributed by atoms with Crippen LogP contribution < -0.4 is 5.32 Å². The molecular weight excluding hydrogens is 284 g/mol. The minimum atomic E-state index is -0.576. The topological polar surface area (TPSA) is 71.0 Å². The lowest BCUT2D eigenvalue weighted by Gasteiger charge is -2.29. The monoisotopic (exact) mass is 316 g/mol. The van der Waals surface area contributed by atoms with Gasteiger partial charge in [-0.15, -0.1) is 0 Å². The maximum absolute atomic E-state index is 12.2. The van der Waals surface area contributed by atoms with E-state index in [0.29, 0.717) is 25.0 Å². The lowest BCUT2D eigenvalue weighted by atomic mass is 10.0. The summed E-state index contributed by atoms with van der Waals surface area (Å²) < 4.78 is 10.8. The van der Waals surface area contributed by atoms with Gasteiger partial charge >= 0.3 is 6.09 Å². The number of hydrogen-bond donors (Lipinski definition) is 2. The summed E-state index contributed by atoms with van der Waals surface area (Å²) in [6.07, 6.45) is 0.123. The van der Waals surface area contributed by atoms with Crippen molar-refractivity contribution in [2.75, 3.05) is 32.8 Å². The van der Waals surface area contributed by atoms with E-state index in [1.54, 1.807) is 11.8 Å².